The molecule has 0 radical (unpaired) electrons. The highest BCUT2D eigenvalue weighted by molar-refractivity contribution is 5.69. The van der Waals surface area contributed by atoms with Gasteiger partial charge in [-0.15, -0.1) is 0 Å². The molecule has 1 atom stereocenters. The van der Waals surface area contributed by atoms with Crippen molar-refractivity contribution in [2.45, 2.75) is 58.1 Å². The number of carbonyl (C=O) groups is 1. The Balaban J connectivity index is 2.72. The van der Waals surface area contributed by atoms with Gasteiger partial charge in [0.05, 0.1) is 12.1 Å². The van der Waals surface area contributed by atoms with Crippen molar-refractivity contribution >= 4 is 6.09 Å². The SMILES string of the molecule is CC(C)(C)OC(=O)N1CCCC[C@]1(C)CO. The molecule has 0 unspecified atom stereocenters. The Kier molecular flexibility index (Phi) is 3.84. The number of hydrogen-bond acceptors (Lipinski definition) is 3. The van der Waals surface area contributed by atoms with Crippen LogP contribution >= 0.6 is 0 Å². The molecule has 1 aliphatic rings. The lowest BCUT2D eigenvalue weighted by Gasteiger charge is -2.43. The predicted molar refractivity (Wildman–Crippen MR) is 62.3 cm³/mol. The second kappa shape index (κ2) is 4.62. The Labute approximate surface area is 97.6 Å². The van der Waals surface area contributed by atoms with Gasteiger partial charge in [0.25, 0.3) is 0 Å². The molecule has 1 fully saturated rings. The van der Waals surface area contributed by atoms with E-state index in [9.17, 15) is 9.90 Å². The Morgan fingerprint density at radius 3 is 2.56 bits per heavy atom. The van der Waals surface area contributed by atoms with Crippen LogP contribution in [0.1, 0.15) is 47.0 Å². The lowest BCUT2D eigenvalue weighted by atomic mass is 9.90. The standard InChI is InChI=1S/C12H23NO3/c1-11(2,3)16-10(15)13-8-6-5-7-12(13,4)9-14/h14H,5-9H2,1-4H3/t12-/m1/s1. The number of ether oxygens (including phenoxy) is 1. The topological polar surface area (TPSA) is 49.8 Å². The van der Waals surface area contributed by atoms with Crippen LogP contribution in [0.15, 0.2) is 0 Å². The fourth-order valence-corrected chi connectivity index (χ4v) is 1.97. The molecule has 4 nitrogen and oxygen atoms in total. The molecule has 0 aromatic rings. The third-order valence-electron chi connectivity index (χ3n) is 2.95. The highest BCUT2D eigenvalue weighted by atomic mass is 16.6. The molecule has 1 aliphatic heterocycles. The van der Waals surface area contributed by atoms with Gasteiger partial charge in [0.1, 0.15) is 5.60 Å². The van der Waals surface area contributed by atoms with E-state index in [1.54, 1.807) is 4.90 Å². The summed E-state index contributed by atoms with van der Waals surface area (Å²) in [5.41, 5.74) is -0.939. The van der Waals surface area contributed by atoms with E-state index in [2.05, 4.69) is 0 Å². The lowest BCUT2D eigenvalue weighted by Crippen LogP contribution is -2.56. The van der Waals surface area contributed by atoms with Gasteiger partial charge in [0.2, 0.25) is 0 Å². The molecule has 1 rings (SSSR count). The minimum Gasteiger partial charge on any atom is -0.444 e. The lowest BCUT2D eigenvalue weighted by molar-refractivity contribution is -0.0270. The third kappa shape index (κ3) is 3.11. The van der Waals surface area contributed by atoms with Crippen LogP contribution in [0.25, 0.3) is 0 Å². The third-order valence-corrected chi connectivity index (χ3v) is 2.95. The van der Waals surface area contributed by atoms with Crippen LogP contribution in [0.4, 0.5) is 4.79 Å². The minimum absolute atomic E-state index is 0.00770. The highest BCUT2D eigenvalue weighted by Gasteiger charge is 2.38. The van der Waals surface area contributed by atoms with Gasteiger partial charge >= 0.3 is 6.09 Å². The van der Waals surface area contributed by atoms with Gasteiger partial charge in [0.15, 0.2) is 0 Å². The molecule has 0 aliphatic carbocycles. The Morgan fingerprint density at radius 2 is 2.06 bits per heavy atom. The summed E-state index contributed by atoms with van der Waals surface area (Å²) in [6.45, 7) is 8.13. The van der Waals surface area contributed by atoms with E-state index >= 15 is 0 Å². The molecule has 0 spiro atoms. The summed E-state index contributed by atoms with van der Waals surface area (Å²) in [5.74, 6) is 0. The van der Waals surface area contributed by atoms with Crippen LogP contribution in [0.5, 0.6) is 0 Å². The van der Waals surface area contributed by atoms with E-state index in [4.69, 9.17) is 4.74 Å². The van der Waals surface area contributed by atoms with Gasteiger partial charge in [-0.2, -0.15) is 0 Å². The molecule has 0 saturated carbocycles. The predicted octanol–water partition coefficient (Wildman–Crippen LogP) is 2.16. The van der Waals surface area contributed by atoms with Gasteiger partial charge in [0, 0.05) is 6.54 Å². The van der Waals surface area contributed by atoms with Crippen molar-refractivity contribution in [3.63, 3.8) is 0 Å². The number of rotatable bonds is 1. The van der Waals surface area contributed by atoms with Gasteiger partial charge in [-0.05, 0) is 47.0 Å². The summed E-state index contributed by atoms with van der Waals surface area (Å²) in [6, 6.07) is 0. The molecule has 4 heteroatoms. The summed E-state index contributed by atoms with van der Waals surface area (Å²) in [6.07, 6.45) is 2.55. The number of carbonyl (C=O) groups excluding carboxylic acids is 1. The molecule has 1 amide bonds. The van der Waals surface area contributed by atoms with E-state index in [0.29, 0.717) is 6.54 Å². The molecule has 0 aromatic carbocycles. The molecule has 1 N–H and O–H groups in total. The maximum atomic E-state index is 12.0. The zero-order valence-corrected chi connectivity index (χ0v) is 10.7. The van der Waals surface area contributed by atoms with Crippen LogP contribution in [0.2, 0.25) is 0 Å². The fourth-order valence-electron chi connectivity index (χ4n) is 1.97. The normalized spacial score (nSPS) is 26.7. The van der Waals surface area contributed by atoms with Crippen LogP contribution in [-0.4, -0.2) is 40.4 Å². The average Bonchev–Trinajstić information content (AvgIpc) is 2.15. The molecule has 0 aromatic heterocycles. The second-order valence-corrected chi connectivity index (χ2v) is 5.74. The minimum atomic E-state index is -0.481. The molecular formula is C12H23NO3. The first-order valence-electron chi connectivity index (χ1n) is 5.90. The van der Waals surface area contributed by atoms with Crippen LogP contribution in [0, 0.1) is 0 Å². The van der Waals surface area contributed by atoms with Gasteiger partial charge in [-0.1, -0.05) is 0 Å². The van der Waals surface area contributed by atoms with Crippen molar-refractivity contribution in [3.05, 3.63) is 0 Å². The monoisotopic (exact) mass is 229 g/mol. The largest absolute Gasteiger partial charge is 0.444 e. The van der Waals surface area contributed by atoms with E-state index in [-0.39, 0.29) is 12.7 Å². The molecule has 1 saturated heterocycles. The first kappa shape index (κ1) is 13.3. The van der Waals surface area contributed by atoms with Crippen molar-refractivity contribution in [2.24, 2.45) is 0 Å². The first-order chi connectivity index (χ1) is 7.28. The highest BCUT2D eigenvalue weighted by Crippen LogP contribution is 2.28. The smallest absolute Gasteiger partial charge is 0.410 e. The molecule has 16 heavy (non-hydrogen) atoms. The van der Waals surface area contributed by atoms with Gasteiger partial charge < -0.3 is 14.7 Å². The molecule has 94 valence electrons. The van der Waals surface area contributed by atoms with Crippen molar-refractivity contribution in [3.8, 4) is 0 Å². The van der Waals surface area contributed by atoms with E-state index in [1.807, 2.05) is 27.7 Å². The van der Waals surface area contributed by atoms with Crippen molar-refractivity contribution in [1.82, 2.24) is 4.90 Å². The summed E-state index contributed by atoms with van der Waals surface area (Å²) in [7, 11) is 0. The summed E-state index contributed by atoms with van der Waals surface area (Å²) in [4.78, 5) is 13.6. The first-order valence-corrected chi connectivity index (χ1v) is 5.90. The quantitative estimate of drug-likeness (QED) is 0.749. The van der Waals surface area contributed by atoms with Crippen LogP contribution in [-0.2, 0) is 4.74 Å². The number of hydrogen-bond donors (Lipinski definition) is 1. The number of aliphatic hydroxyl groups excluding tert-OH is 1. The van der Waals surface area contributed by atoms with Crippen molar-refractivity contribution < 1.29 is 14.6 Å². The Hall–Kier alpha value is -0.770. The summed E-state index contributed by atoms with van der Waals surface area (Å²) >= 11 is 0. The summed E-state index contributed by atoms with van der Waals surface area (Å²) < 4.78 is 5.35. The molecule has 1 heterocycles. The number of likely N-dealkylation sites (tertiary alicyclic amines) is 1. The number of nitrogens with zero attached hydrogens (tertiary/aromatic N) is 1. The maximum absolute atomic E-state index is 12.0. The second-order valence-electron chi connectivity index (χ2n) is 5.74. The van der Waals surface area contributed by atoms with Crippen molar-refractivity contribution in [2.75, 3.05) is 13.2 Å². The number of piperidine rings is 1. The number of amides is 1. The molecule has 0 bridgehead atoms. The van der Waals surface area contributed by atoms with Crippen molar-refractivity contribution in [1.29, 1.82) is 0 Å². The van der Waals surface area contributed by atoms with Gasteiger partial charge in [-0.3, -0.25) is 0 Å². The zero-order chi connectivity index (χ0) is 12.4. The van der Waals surface area contributed by atoms with E-state index in [1.165, 1.54) is 0 Å². The number of aliphatic hydroxyl groups is 1. The Morgan fingerprint density at radius 1 is 1.44 bits per heavy atom. The Bertz CT molecular complexity index is 259. The van der Waals surface area contributed by atoms with Crippen LogP contribution in [0.3, 0.4) is 0 Å². The van der Waals surface area contributed by atoms with Crippen LogP contribution < -0.4 is 0 Å². The average molecular weight is 229 g/mol. The molecular weight excluding hydrogens is 206 g/mol. The summed E-state index contributed by atoms with van der Waals surface area (Å²) in [5, 5.41) is 9.42. The van der Waals surface area contributed by atoms with E-state index in [0.717, 1.165) is 19.3 Å². The zero-order valence-electron chi connectivity index (χ0n) is 10.7. The maximum Gasteiger partial charge on any atom is 0.410 e. The van der Waals surface area contributed by atoms with Gasteiger partial charge in [-0.25, -0.2) is 4.79 Å². The fraction of sp³-hybridized carbons (Fsp3) is 0.917. The van der Waals surface area contributed by atoms with E-state index < -0.39 is 11.1 Å².